The van der Waals surface area contributed by atoms with Gasteiger partial charge in [0.1, 0.15) is 9.84 Å². The summed E-state index contributed by atoms with van der Waals surface area (Å²) < 4.78 is 22.1. The summed E-state index contributed by atoms with van der Waals surface area (Å²) in [5.41, 5.74) is 0.0335. The molecule has 0 amide bonds. The van der Waals surface area contributed by atoms with Crippen LogP contribution in [0.4, 0.5) is 0 Å². The van der Waals surface area contributed by atoms with Gasteiger partial charge in [-0.15, -0.1) is 0 Å². The second kappa shape index (κ2) is 5.27. The average molecular weight is 236 g/mol. The van der Waals surface area contributed by atoms with Gasteiger partial charge in [-0.1, -0.05) is 0 Å². The molecule has 0 aromatic heterocycles. The lowest BCUT2D eigenvalue weighted by atomic mass is 10.0. The Morgan fingerprint density at radius 1 is 1.33 bits per heavy atom. The van der Waals surface area contributed by atoms with Crippen LogP contribution in [0.25, 0.3) is 0 Å². The predicted molar refractivity (Wildman–Crippen MR) is 64.9 cm³/mol. The first-order chi connectivity index (χ1) is 6.54. The fourth-order valence-corrected chi connectivity index (χ4v) is 2.12. The van der Waals surface area contributed by atoms with Crippen molar-refractivity contribution < 1.29 is 8.42 Å². The van der Waals surface area contributed by atoms with Gasteiger partial charge in [0, 0.05) is 24.4 Å². The predicted octanol–water partition coefficient (Wildman–Crippen LogP) is 0.349. The first kappa shape index (κ1) is 14.9. The zero-order chi connectivity index (χ0) is 12.3. The van der Waals surface area contributed by atoms with Crippen LogP contribution in [-0.2, 0) is 9.84 Å². The van der Waals surface area contributed by atoms with E-state index in [0.29, 0.717) is 0 Å². The Morgan fingerprint density at radius 3 is 2.13 bits per heavy atom. The van der Waals surface area contributed by atoms with Crippen molar-refractivity contribution in [1.82, 2.24) is 10.2 Å². The number of nitrogens with zero attached hydrogens (tertiary/aromatic N) is 1. The molecule has 0 saturated carbocycles. The largest absolute Gasteiger partial charge is 0.311 e. The number of likely N-dealkylation sites (N-methyl/N-ethyl adjacent to an activating group) is 1. The Labute approximate surface area is 94.0 Å². The molecule has 92 valence electrons. The molecule has 0 spiro atoms. The Hall–Kier alpha value is -0.130. The highest BCUT2D eigenvalue weighted by Crippen LogP contribution is 2.08. The lowest BCUT2D eigenvalue weighted by molar-refractivity contribution is 0.186. The van der Waals surface area contributed by atoms with Gasteiger partial charge in [0.05, 0.1) is 5.75 Å². The highest BCUT2D eigenvalue weighted by atomic mass is 32.2. The summed E-state index contributed by atoms with van der Waals surface area (Å²) in [5.74, 6) is 0.191. The Bertz CT molecular complexity index is 284. The molecule has 0 saturated heterocycles. The summed E-state index contributed by atoms with van der Waals surface area (Å²) in [6.45, 7) is 6.91. The summed E-state index contributed by atoms with van der Waals surface area (Å²) in [4.78, 5) is 2.12. The van der Waals surface area contributed by atoms with Crippen molar-refractivity contribution in [3.05, 3.63) is 0 Å². The van der Waals surface area contributed by atoms with Gasteiger partial charge in [0.25, 0.3) is 0 Å². The molecule has 0 rings (SSSR count). The van der Waals surface area contributed by atoms with Gasteiger partial charge in [-0.05, 0) is 34.9 Å². The molecule has 15 heavy (non-hydrogen) atoms. The molecule has 0 heterocycles. The molecular weight excluding hydrogens is 212 g/mol. The van der Waals surface area contributed by atoms with Crippen molar-refractivity contribution in [3.63, 3.8) is 0 Å². The maximum Gasteiger partial charge on any atom is 0.148 e. The first-order valence-corrected chi connectivity index (χ1v) is 7.19. The molecule has 0 fully saturated rings. The van der Waals surface area contributed by atoms with Crippen molar-refractivity contribution in [3.8, 4) is 0 Å². The molecule has 0 aromatic carbocycles. The van der Waals surface area contributed by atoms with Gasteiger partial charge in [-0.3, -0.25) is 0 Å². The molecule has 1 N–H and O–H groups in total. The smallest absolute Gasteiger partial charge is 0.148 e. The summed E-state index contributed by atoms with van der Waals surface area (Å²) in [6.07, 6.45) is 1.27. The number of hydrogen-bond donors (Lipinski definition) is 1. The molecule has 0 bridgehead atoms. The highest BCUT2D eigenvalue weighted by Gasteiger charge is 2.21. The third-order valence-electron chi connectivity index (χ3n) is 2.65. The molecule has 0 aromatic rings. The summed E-state index contributed by atoms with van der Waals surface area (Å²) in [7, 11) is 1.15. The highest BCUT2D eigenvalue weighted by molar-refractivity contribution is 7.90. The van der Waals surface area contributed by atoms with Crippen LogP contribution in [0.2, 0.25) is 0 Å². The molecule has 5 heteroatoms. The van der Waals surface area contributed by atoms with Gasteiger partial charge < -0.3 is 10.2 Å². The third-order valence-corrected chi connectivity index (χ3v) is 3.75. The molecule has 0 aliphatic carbocycles. The van der Waals surface area contributed by atoms with Crippen LogP contribution in [0, 0.1) is 0 Å². The molecular formula is C10H24N2O2S. The van der Waals surface area contributed by atoms with Gasteiger partial charge in [-0.2, -0.15) is 0 Å². The second-order valence-corrected chi connectivity index (χ2v) is 7.27. The summed E-state index contributed by atoms with van der Waals surface area (Å²) in [5, 5.41) is 3.24. The third kappa shape index (κ3) is 6.87. The molecule has 0 radical (unpaired) electrons. The van der Waals surface area contributed by atoms with Crippen LogP contribution in [0.15, 0.2) is 0 Å². The van der Waals surface area contributed by atoms with Crippen LogP contribution < -0.4 is 5.32 Å². The van der Waals surface area contributed by atoms with Gasteiger partial charge >= 0.3 is 0 Å². The molecule has 1 atom stereocenters. The molecule has 1 unspecified atom stereocenters. The van der Waals surface area contributed by atoms with Crippen molar-refractivity contribution in [2.24, 2.45) is 0 Å². The number of hydrogen-bond acceptors (Lipinski definition) is 4. The fraction of sp³-hybridized carbons (Fsp3) is 1.00. The minimum Gasteiger partial charge on any atom is -0.311 e. The van der Waals surface area contributed by atoms with Crippen molar-refractivity contribution in [2.45, 2.75) is 32.4 Å². The Morgan fingerprint density at radius 2 is 1.80 bits per heavy atom. The number of nitrogens with one attached hydrogen (secondary N) is 1. The topological polar surface area (TPSA) is 49.4 Å². The summed E-state index contributed by atoms with van der Waals surface area (Å²) in [6, 6.07) is -0.000718. The van der Waals surface area contributed by atoms with E-state index in [2.05, 4.69) is 24.1 Å². The maximum atomic E-state index is 11.0. The van der Waals surface area contributed by atoms with Crippen LogP contribution >= 0.6 is 0 Å². The van der Waals surface area contributed by atoms with Crippen LogP contribution in [0.1, 0.15) is 20.8 Å². The van der Waals surface area contributed by atoms with Crippen LogP contribution in [0.3, 0.4) is 0 Å². The number of rotatable bonds is 6. The fourth-order valence-electron chi connectivity index (χ4n) is 1.10. The molecule has 0 aliphatic heterocycles. The minimum absolute atomic E-state index is 0.000718. The van der Waals surface area contributed by atoms with E-state index in [1.54, 1.807) is 0 Å². The average Bonchev–Trinajstić information content (AvgIpc) is 1.97. The standard InChI is InChI=1S/C10H24N2O2S/c1-9(7-15(6,13)14)11-8-10(2,3)12(4)5/h9,11H,7-8H2,1-6H3. The van der Waals surface area contributed by atoms with Crippen molar-refractivity contribution >= 4 is 9.84 Å². The van der Waals surface area contributed by atoms with E-state index in [4.69, 9.17) is 0 Å². The zero-order valence-electron chi connectivity index (χ0n) is 10.7. The van der Waals surface area contributed by atoms with E-state index in [-0.39, 0.29) is 17.3 Å². The van der Waals surface area contributed by atoms with Crippen molar-refractivity contribution in [1.29, 1.82) is 0 Å². The minimum atomic E-state index is -2.89. The lowest BCUT2D eigenvalue weighted by Gasteiger charge is -2.33. The Kier molecular flexibility index (Phi) is 5.23. The molecule has 0 aliphatic rings. The van der Waals surface area contributed by atoms with Gasteiger partial charge in [-0.25, -0.2) is 8.42 Å². The van der Waals surface area contributed by atoms with E-state index >= 15 is 0 Å². The normalized spacial score (nSPS) is 15.7. The lowest BCUT2D eigenvalue weighted by Crippen LogP contribution is -2.49. The van der Waals surface area contributed by atoms with E-state index in [1.807, 2.05) is 21.0 Å². The van der Waals surface area contributed by atoms with E-state index in [1.165, 1.54) is 6.26 Å². The number of sulfone groups is 1. The first-order valence-electron chi connectivity index (χ1n) is 5.13. The van der Waals surface area contributed by atoms with E-state index < -0.39 is 9.84 Å². The maximum absolute atomic E-state index is 11.0. The van der Waals surface area contributed by atoms with Crippen LogP contribution in [0.5, 0.6) is 0 Å². The van der Waals surface area contributed by atoms with Crippen molar-refractivity contribution in [2.75, 3.05) is 32.6 Å². The SMILES string of the molecule is CC(CS(C)(=O)=O)NCC(C)(C)N(C)C. The van der Waals surface area contributed by atoms with Crippen LogP contribution in [-0.4, -0.2) is 57.5 Å². The van der Waals surface area contributed by atoms with E-state index in [9.17, 15) is 8.42 Å². The monoisotopic (exact) mass is 236 g/mol. The summed E-state index contributed by atoms with van der Waals surface area (Å²) >= 11 is 0. The van der Waals surface area contributed by atoms with E-state index in [0.717, 1.165) is 6.54 Å². The van der Waals surface area contributed by atoms with Gasteiger partial charge in [0.2, 0.25) is 0 Å². The molecule has 4 nitrogen and oxygen atoms in total. The van der Waals surface area contributed by atoms with Gasteiger partial charge in [0.15, 0.2) is 0 Å². The zero-order valence-corrected chi connectivity index (χ0v) is 11.5. The Balaban J connectivity index is 4.07. The quantitative estimate of drug-likeness (QED) is 0.723. The second-order valence-electron chi connectivity index (χ2n) is 5.08.